The van der Waals surface area contributed by atoms with Gasteiger partial charge in [-0.2, -0.15) is 0 Å². The number of hydrogen-bond donors (Lipinski definition) is 2. The van der Waals surface area contributed by atoms with Crippen molar-refractivity contribution in [2.75, 3.05) is 37.0 Å². The molecule has 2 N–H and O–H groups in total. The SMILES string of the molecule is CCCOc1ccc(NCC(=O)Nc2ccc(OCCOc3ccccc3)cc2)cc1. The minimum Gasteiger partial charge on any atom is -0.494 e. The van der Waals surface area contributed by atoms with E-state index in [4.69, 9.17) is 14.2 Å². The van der Waals surface area contributed by atoms with Gasteiger partial charge in [0.05, 0.1) is 13.2 Å². The second-order valence-corrected chi connectivity index (χ2v) is 6.81. The molecule has 0 aliphatic carbocycles. The molecule has 0 aromatic heterocycles. The van der Waals surface area contributed by atoms with Crippen LogP contribution in [0.15, 0.2) is 78.9 Å². The third kappa shape index (κ3) is 7.93. The van der Waals surface area contributed by atoms with Crippen LogP contribution in [0.25, 0.3) is 0 Å². The van der Waals surface area contributed by atoms with Crippen LogP contribution >= 0.6 is 0 Å². The summed E-state index contributed by atoms with van der Waals surface area (Å²) in [7, 11) is 0. The van der Waals surface area contributed by atoms with Gasteiger partial charge in [-0.25, -0.2) is 0 Å². The molecule has 3 aromatic carbocycles. The van der Waals surface area contributed by atoms with Gasteiger partial charge in [0.25, 0.3) is 0 Å². The number of benzene rings is 3. The van der Waals surface area contributed by atoms with Crippen LogP contribution in [0.3, 0.4) is 0 Å². The number of amides is 1. The molecular weight excluding hydrogens is 392 g/mol. The van der Waals surface area contributed by atoms with Gasteiger partial charge in [0, 0.05) is 11.4 Å². The fourth-order valence-electron chi connectivity index (χ4n) is 2.75. The fourth-order valence-corrected chi connectivity index (χ4v) is 2.75. The molecular formula is C25H28N2O4. The third-order valence-corrected chi connectivity index (χ3v) is 4.28. The van der Waals surface area contributed by atoms with Crippen molar-refractivity contribution < 1.29 is 19.0 Å². The third-order valence-electron chi connectivity index (χ3n) is 4.28. The zero-order valence-corrected chi connectivity index (χ0v) is 17.7. The van der Waals surface area contributed by atoms with Crippen molar-refractivity contribution >= 4 is 17.3 Å². The Balaban J connectivity index is 1.35. The average Bonchev–Trinajstić information content (AvgIpc) is 2.81. The Kier molecular flexibility index (Phi) is 8.61. The lowest BCUT2D eigenvalue weighted by Gasteiger charge is -2.10. The zero-order chi connectivity index (χ0) is 21.7. The monoisotopic (exact) mass is 420 g/mol. The summed E-state index contributed by atoms with van der Waals surface area (Å²) in [6.45, 7) is 3.83. The summed E-state index contributed by atoms with van der Waals surface area (Å²) in [5, 5.41) is 5.96. The Bertz CT molecular complexity index is 913. The van der Waals surface area contributed by atoms with Gasteiger partial charge in [0.15, 0.2) is 0 Å². The first-order chi connectivity index (χ1) is 15.2. The summed E-state index contributed by atoms with van der Waals surface area (Å²) in [6.07, 6.45) is 0.968. The van der Waals surface area contributed by atoms with Gasteiger partial charge in [-0.05, 0) is 67.1 Å². The fraction of sp³-hybridized carbons (Fsp3) is 0.240. The Morgan fingerprint density at radius 2 is 1.19 bits per heavy atom. The van der Waals surface area contributed by atoms with Crippen LogP contribution in [-0.2, 0) is 4.79 Å². The van der Waals surface area contributed by atoms with E-state index < -0.39 is 0 Å². The highest BCUT2D eigenvalue weighted by Crippen LogP contribution is 2.17. The first-order valence-electron chi connectivity index (χ1n) is 10.4. The predicted octanol–water partition coefficient (Wildman–Crippen LogP) is 4.98. The molecule has 31 heavy (non-hydrogen) atoms. The van der Waals surface area contributed by atoms with Crippen LogP contribution in [0.1, 0.15) is 13.3 Å². The lowest BCUT2D eigenvalue weighted by molar-refractivity contribution is -0.114. The molecule has 0 spiro atoms. The van der Waals surface area contributed by atoms with E-state index in [1.54, 1.807) is 0 Å². The summed E-state index contributed by atoms with van der Waals surface area (Å²) in [4.78, 5) is 12.2. The second-order valence-electron chi connectivity index (χ2n) is 6.81. The smallest absolute Gasteiger partial charge is 0.243 e. The number of hydrogen-bond acceptors (Lipinski definition) is 5. The van der Waals surface area contributed by atoms with E-state index >= 15 is 0 Å². The van der Waals surface area contributed by atoms with Gasteiger partial charge >= 0.3 is 0 Å². The van der Waals surface area contributed by atoms with Crippen molar-refractivity contribution in [3.05, 3.63) is 78.9 Å². The van der Waals surface area contributed by atoms with E-state index in [9.17, 15) is 4.79 Å². The minimum atomic E-state index is -0.128. The summed E-state index contributed by atoms with van der Waals surface area (Å²) < 4.78 is 16.8. The topological polar surface area (TPSA) is 68.8 Å². The maximum Gasteiger partial charge on any atom is 0.243 e. The lowest BCUT2D eigenvalue weighted by Crippen LogP contribution is -2.21. The molecule has 3 aromatic rings. The number of anilines is 2. The molecule has 0 bridgehead atoms. The van der Waals surface area contributed by atoms with Crippen LogP contribution < -0.4 is 24.8 Å². The van der Waals surface area contributed by atoms with Gasteiger partial charge in [-0.15, -0.1) is 0 Å². The number of rotatable bonds is 12. The normalized spacial score (nSPS) is 10.2. The number of nitrogens with one attached hydrogen (secondary N) is 2. The molecule has 1 amide bonds. The zero-order valence-electron chi connectivity index (χ0n) is 17.7. The highest BCUT2D eigenvalue weighted by Gasteiger charge is 2.04. The van der Waals surface area contributed by atoms with Gasteiger partial charge in [-0.1, -0.05) is 25.1 Å². The van der Waals surface area contributed by atoms with Gasteiger partial charge in [0.1, 0.15) is 30.5 Å². The predicted molar refractivity (Wildman–Crippen MR) is 123 cm³/mol. The van der Waals surface area contributed by atoms with Crippen molar-refractivity contribution in [1.82, 2.24) is 0 Å². The first kappa shape index (κ1) is 22.0. The molecule has 3 rings (SSSR count). The molecule has 0 atom stereocenters. The van der Waals surface area contributed by atoms with Crippen LogP contribution in [0.5, 0.6) is 17.2 Å². The number of para-hydroxylation sites is 1. The summed E-state index contributed by atoms with van der Waals surface area (Å²) in [5.74, 6) is 2.23. The summed E-state index contributed by atoms with van der Waals surface area (Å²) >= 11 is 0. The average molecular weight is 421 g/mol. The number of carbonyl (C=O) groups is 1. The maximum atomic E-state index is 12.2. The Labute approximate surface area is 183 Å². The van der Waals surface area contributed by atoms with E-state index in [0.717, 1.165) is 29.4 Å². The van der Waals surface area contributed by atoms with Crippen LogP contribution in [0, 0.1) is 0 Å². The molecule has 162 valence electrons. The molecule has 0 fully saturated rings. The van der Waals surface area contributed by atoms with Crippen molar-refractivity contribution in [3.8, 4) is 17.2 Å². The minimum absolute atomic E-state index is 0.128. The van der Waals surface area contributed by atoms with E-state index in [2.05, 4.69) is 17.6 Å². The van der Waals surface area contributed by atoms with Crippen molar-refractivity contribution in [2.45, 2.75) is 13.3 Å². The lowest BCUT2D eigenvalue weighted by atomic mass is 10.3. The van der Waals surface area contributed by atoms with Gasteiger partial charge in [-0.3, -0.25) is 4.79 Å². The molecule has 0 unspecified atom stereocenters. The highest BCUT2D eigenvalue weighted by molar-refractivity contribution is 5.93. The number of carbonyl (C=O) groups excluding carboxylic acids is 1. The largest absolute Gasteiger partial charge is 0.494 e. The summed E-state index contributed by atoms with van der Waals surface area (Å²) in [6, 6.07) is 24.4. The Morgan fingerprint density at radius 3 is 1.77 bits per heavy atom. The standard InChI is InChI=1S/C25H28N2O4/c1-2-16-29-23-12-8-20(9-13-23)26-19-25(28)27-21-10-14-24(15-11-21)31-18-17-30-22-6-4-3-5-7-22/h3-15,26H,2,16-19H2,1H3,(H,27,28). The highest BCUT2D eigenvalue weighted by atomic mass is 16.5. The Morgan fingerprint density at radius 1 is 0.677 bits per heavy atom. The second kappa shape index (κ2) is 12.1. The summed E-state index contributed by atoms with van der Waals surface area (Å²) in [5.41, 5.74) is 1.57. The molecule has 0 saturated carbocycles. The van der Waals surface area contributed by atoms with E-state index in [1.807, 2.05) is 78.9 Å². The van der Waals surface area contributed by atoms with Crippen molar-refractivity contribution in [3.63, 3.8) is 0 Å². The van der Waals surface area contributed by atoms with Crippen molar-refractivity contribution in [1.29, 1.82) is 0 Å². The van der Waals surface area contributed by atoms with Crippen molar-refractivity contribution in [2.24, 2.45) is 0 Å². The molecule has 0 aliphatic rings. The molecule has 0 radical (unpaired) electrons. The van der Waals surface area contributed by atoms with Gasteiger partial charge in [0.2, 0.25) is 5.91 Å². The van der Waals surface area contributed by atoms with Crippen LogP contribution in [0.4, 0.5) is 11.4 Å². The quantitative estimate of drug-likeness (QED) is 0.404. The van der Waals surface area contributed by atoms with E-state index in [0.29, 0.717) is 25.5 Å². The molecule has 6 heteroatoms. The number of ether oxygens (including phenoxy) is 3. The molecule has 0 heterocycles. The van der Waals surface area contributed by atoms with E-state index in [-0.39, 0.29) is 12.5 Å². The Hall–Kier alpha value is -3.67. The first-order valence-corrected chi connectivity index (χ1v) is 10.4. The van der Waals surface area contributed by atoms with E-state index in [1.165, 1.54) is 0 Å². The maximum absolute atomic E-state index is 12.2. The molecule has 0 aliphatic heterocycles. The molecule has 6 nitrogen and oxygen atoms in total. The molecule has 0 saturated heterocycles. The van der Waals surface area contributed by atoms with Gasteiger partial charge < -0.3 is 24.8 Å². The van der Waals surface area contributed by atoms with Crippen LogP contribution in [0.2, 0.25) is 0 Å². The van der Waals surface area contributed by atoms with Crippen LogP contribution in [-0.4, -0.2) is 32.3 Å².